The predicted octanol–water partition coefficient (Wildman–Crippen LogP) is 1.14. The molecular weight excluding hydrogens is 216 g/mol. The largest absolute Gasteiger partial charge is 0.378 e. The molecule has 0 aromatic carbocycles. The number of piperidine rings is 1. The molecule has 0 spiro atoms. The molecule has 1 amide bonds. The normalized spacial score (nSPS) is 34.0. The third-order valence-corrected chi connectivity index (χ3v) is 4.10. The van der Waals surface area contributed by atoms with Gasteiger partial charge in [0.05, 0.1) is 12.5 Å². The summed E-state index contributed by atoms with van der Waals surface area (Å²) in [7, 11) is 0. The third kappa shape index (κ3) is 2.99. The number of hydrogen-bond donors (Lipinski definition) is 1. The standard InChI is InChI=1S/C13H24N2O2/c1-10-4-2-6-15(12(10)9-14)13(16)8-11-5-3-7-17-11/h10-12H,2-9,14H2,1H3/t10-,11-,12-/m1/s1. The van der Waals surface area contributed by atoms with Crippen molar-refractivity contribution in [2.24, 2.45) is 11.7 Å². The minimum Gasteiger partial charge on any atom is -0.378 e. The molecule has 0 aromatic rings. The maximum Gasteiger partial charge on any atom is 0.225 e. The summed E-state index contributed by atoms with van der Waals surface area (Å²) >= 11 is 0. The second kappa shape index (κ2) is 5.83. The Balaban J connectivity index is 1.91. The van der Waals surface area contributed by atoms with Gasteiger partial charge in [-0.05, 0) is 31.6 Å². The molecule has 0 radical (unpaired) electrons. The van der Waals surface area contributed by atoms with Crippen molar-refractivity contribution in [2.75, 3.05) is 19.7 Å². The molecular formula is C13H24N2O2. The maximum atomic E-state index is 12.3. The van der Waals surface area contributed by atoms with Crippen LogP contribution in [0.15, 0.2) is 0 Å². The molecule has 0 bridgehead atoms. The van der Waals surface area contributed by atoms with Gasteiger partial charge in [-0.15, -0.1) is 0 Å². The predicted molar refractivity (Wildman–Crippen MR) is 66.5 cm³/mol. The highest BCUT2D eigenvalue weighted by atomic mass is 16.5. The molecule has 2 saturated heterocycles. The molecule has 4 nitrogen and oxygen atoms in total. The molecule has 2 aliphatic rings. The number of likely N-dealkylation sites (tertiary alicyclic amines) is 1. The molecule has 17 heavy (non-hydrogen) atoms. The van der Waals surface area contributed by atoms with E-state index >= 15 is 0 Å². The summed E-state index contributed by atoms with van der Waals surface area (Å²) in [4.78, 5) is 14.3. The minimum atomic E-state index is 0.151. The summed E-state index contributed by atoms with van der Waals surface area (Å²) in [5.41, 5.74) is 5.80. The molecule has 2 heterocycles. The summed E-state index contributed by atoms with van der Waals surface area (Å²) in [5.74, 6) is 0.765. The SMILES string of the molecule is C[C@@H]1CCCN(C(=O)C[C@H]2CCCO2)[C@@H]1CN. The highest BCUT2D eigenvalue weighted by Crippen LogP contribution is 2.25. The van der Waals surface area contributed by atoms with Gasteiger partial charge in [0, 0.05) is 25.7 Å². The third-order valence-electron chi connectivity index (χ3n) is 4.10. The Kier molecular flexibility index (Phi) is 4.40. The Hall–Kier alpha value is -0.610. The lowest BCUT2D eigenvalue weighted by atomic mass is 9.90. The zero-order valence-corrected chi connectivity index (χ0v) is 10.7. The molecule has 2 aliphatic heterocycles. The van der Waals surface area contributed by atoms with E-state index in [4.69, 9.17) is 10.5 Å². The van der Waals surface area contributed by atoms with Crippen molar-refractivity contribution in [1.29, 1.82) is 0 Å². The monoisotopic (exact) mass is 240 g/mol. The fraction of sp³-hybridized carbons (Fsp3) is 0.923. The van der Waals surface area contributed by atoms with Crippen molar-refractivity contribution >= 4 is 5.91 Å². The number of hydrogen-bond acceptors (Lipinski definition) is 3. The van der Waals surface area contributed by atoms with Crippen LogP contribution in [0.25, 0.3) is 0 Å². The highest BCUT2D eigenvalue weighted by molar-refractivity contribution is 5.77. The van der Waals surface area contributed by atoms with E-state index in [-0.39, 0.29) is 18.1 Å². The Bertz CT molecular complexity index is 264. The van der Waals surface area contributed by atoms with E-state index in [0.717, 1.165) is 32.4 Å². The van der Waals surface area contributed by atoms with Crippen LogP contribution in [0, 0.1) is 5.92 Å². The van der Waals surface area contributed by atoms with Gasteiger partial charge in [-0.3, -0.25) is 4.79 Å². The van der Waals surface area contributed by atoms with Crippen LogP contribution in [0.3, 0.4) is 0 Å². The summed E-state index contributed by atoms with van der Waals surface area (Å²) < 4.78 is 5.53. The van der Waals surface area contributed by atoms with E-state index in [1.54, 1.807) is 0 Å². The zero-order chi connectivity index (χ0) is 12.3. The van der Waals surface area contributed by atoms with Gasteiger partial charge in [-0.1, -0.05) is 6.92 Å². The van der Waals surface area contributed by atoms with Gasteiger partial charge in [0.2, 0.25) is 5.91 Å². The molecule has 4 heteroatoms. The van der Waals surface area contributed by atoms with Crippen molar-refractivity contribution in [3.8, 4) is 0 Å². The number of rotatable bonds is 3. The lowest BCUT2D eigenvalue weighted by molar-refractivity contribution is -0.138. The van der Waals surface area contributed by atoms with Gasteiger partial charge in [0.15, 0.2) is 0 Å². The van der Waals surface area contributed by atoms with Crippen LogP contribution in [-0.2, 0) is 9.53 Å². The Morgan fingerprint density at radius 1 is 1.41 bits per heavy atom. The van der Waals surface area contributed by atoms with Crippen LogP contribution < -0.4 is 5.73 Å². The number of carbonyl (C=O) groups excluding carboxylic acids is 1. The van der Waals surface area contributed by atoms with Crippen LogP contribution in [0.5, 0.6) is 0 Å². The van der Waals surface area contributed by atoms with Crippen molar-refractivity contribution < 1.29 is 9.53 Å². The van der Waals surface area contributed by atoms with Crippen molar-refractivity contribution in [3.05, 3.63) is 0 Å². The Labute approximate surface area is 103 Å². The maximum absolute atomic E-state index is 12.3. The van der Waals surface area contributed by atoms with Crippen LogP contribution in [0.4, 0.5) is 0 Å². The lowest BCUT2D eigenvalue weighted by Crippen LogP contribution is -2.51. The highest BCUT2D eigenvalue weighted by Gasteiger charge is 2.32. The smallest absolute Gasteiger partial charge is 0.225 e. The fourth-order valence-electron chi connectivity index (χ4n) is 3.04. The number of nitrogens with zero attached hydrogens (tertiary/aromatic N) is 1. The number of carbonyl (C=O) groups is 1. The Morgan fingerprint density at radius 3 is 2.88 bits per heavy atom. The van der Waals surface area contributed by atoms with Gasteiger partial charge in [0.25, 0.3) is 0 Å². The van der Waals surface area contributed by atoms with Gasteiger partial charge >= 0.3 is 0 Å². The molecule has 0 aromatic heterocycles. The molecule has 0 aliphatic carbocycles. The van der Waals surface area contributed by atoms with Crippen molar-refractivity contribution in [2.45, 2.75) is 51.2 Å². The van der Waals surface area contributed by atoms with Gasteiger partial charge in [0.1, 0.15) is 0 Å². The first-order valence-electron chi connectivity index (χ1n) is 6.83. The van der Waals surface area contributed by atoms with E-state index in [1.165, 1.54) is 6.42 Å². The summed E-state index contributed by atoms with van der Waals surface area (Å²) in [5, 5.41) is 0. The second-order valence-electron chi connectivity index (χ2n) is 5.35. The van der Waals surface area contributed by atoms with Crippen LogP contribution in [-0.4, -0.2) is 42.6 Å². The first-order chi connectivity index (χ1) is 8.22. The summed E-state index contributed by atoms with van der Waals surface area (Å²) in [6.07, 6.45) is 5.11. The molecule has 0 unspecified atom stereocenters. The van der Waals surface area contributed by atoms with Crippen LogP contribution in [0.2, 0.25) is 0 Å². The van der Waals surface area contributed by atoms with E-state index in [0.29, 0.717) is 18.9 Å². The average Bonchev–Trinajstić information content (AvgIpc) is 2.81. The molecule has 98 valence electrons. The van der Waals surface area contributed by atoms with Gasteiger partial charge in [-0.2, -0.15) is 0 Å². The first kappa shape index (κ1) is 12.8. The summed E-state index contributed by atoms with van der Waals surface area (Å²) in [6, 6.07) is 0.234. The van der Waals surface area contributed by atoms with E-state index < -0.39 is 0 Å². The number of amides is 1. The fourth-order valence-corrected chi connectivity index (χ4v) is 3.04. The molecule has 3 atom stereocenters. The lowest BCUT2D eigenvalue weighted by Gasteiger charge is -2.39. The van der Waals surface area contributed by atoms with E-state index in [9.17, 15) is 4.79 Å². The molecule has 2 fully saturated rings. The molecule has 2 rings (SSSR count). The van der Waals surface area contributed by atoms with E-state index in [1.807, 2.05) is 4.90 Å². The number of ether oxygens (including phenoxy) is 1. The van der Waals surface area contributed by atoms with Crippen LogP contribution >= 0.6 is 0 Å². The quantitative estimate of drug-likeness (QED) is 0.805. The first-order valence-corrected chi connectivity index (χ1v) is 6.83. The average molecular weight is 240 g/mol. The zero-order valence-electron chi connectivity index (χ0n) is 10.7. The van der Waals surface area contributed by atoms with Crippen LogP contribution in [0.1, 0.15) is 39.0 Å². The topological polar surface area (TPSA) is 55.6 Å². The minimum absolute atomic E-state index is 0.151. The molecule has 2 N–H and O–H groups in total. The Morgan fingerprint density at radius 2 is 2.24 bits per heavy atom. The second-order valence-corrected chi connectivity index (χ2v) is 5.35. The molecule has 0 saturated carbocycles. The van der Waals surface area contributed by atoms with E-state index in [2.05, 4.69) is 6.92 Å². The van der Waals surface area contributed by atoms with Crippen molar-refractivity contribution in [1.82, 2.24) is 4.90 Å². The summed E-state index contributed by atoms with van der Waals surface area (Å²) in [6.45, 7) is 4.47. The van der Waals surface area contributed by atoms with Crippen molar-refractivity contribution in [3.63, 3.8) is 0 Å². The van der Waals surface area contributed by atoms with Gasteiger partial charge in [-0.25, -0.2) is 0 Å². The number of nitrogens with two attached hydrogens (primary N) is 1. The van der Waals surface area contributed by atoms with Gasteiger partial charge < -0.3 is 15.4 Å².